The third kappa shape index (κ3) is 3.33. The van der Waals surface area contributed by atoms with Gasteiger partial charge in [-0.05, 0) is 30.7 Å². The lowest BCUT2D eigenvalue weighted by molar-refractivity contribution is -0.385. The highest BCUT2D eigenvalue weighted by molar-refractivity contribution is 5.88. The number of carboxylic acids is 1. The topological polar surface area (TPSA) is 89.7 Å². The molecule has 1 N–H and O–H groups in total. The van der Waals surface area contributed by atoms with Crippen molar-refractivity contribution in [3.8, 4) is 11.5 Å². The van der Waals surface area contributed by atoms with Gasteiger partial charge in [0.1, 0.15) is 17.3 Å². The Bertz CT molecular complexity index is 729. The average molecular weight is 291 g/mol. The molecule has 0 saturated heterocycles. The molecule has 0 heterocycles. The molecular formula is C14H10FNO5. The van der Waals surface area contributed by atoms with Gasteiger partial charge in [-0.1, -0.05) is 0 Å². The summed E-state index contributed by atoms with van der Waals surface area (Å²) in [5.74, 6) is -1.61. The number of nitrogens with zero attached hydrogens (tertiary/aromatic N) is 1. The molecule has 0 radical (unpaired) electrons. The summed E-state index contributed by atoms with van der Waals surface area (Å²) in [4.78, 5) is 20.8. The summed E-state index contributed by atoms with van der Waals surface area (Å²) in [6.07, 6.45) is 0. The lowest BCUT2D eigenvalue weighted by Crippen LogP contribution is -1.98. The van der Waals surface area contributed by atoms with Gasteiger partial charge in [-0.25, -0.2) is 9.18 Å². The van der Waals surface area contributed by atoms with Crippen molar-refractivity contribution in [2.24, 2.45) is 0 Å². The second-order valence-electron chi connectivity index (χ2n) is 4.29. The number of carboxylic acid groups (broad SMARTS) is 1. The standard InChI is InChI=1S/C14H10FNO5/c1-8-4-9(14(17)18)2-3-13(8)21-12-6-10(15)5-11(7-12)16(19)20/h2-7H,1H3,(H,17,18). The van der Waals surface area contributed by atoms with E-state index in [0.29, 0.717) is 11.3 Å². The van der Waals surface area contributed by atoms with Crippen LogP contribution in [0.25, 0.3) is 0 Å². The number of hydrogen-bond acceptors (Lipinski definition) is 4. The third-order valence-electron chi connectivity index (χ3n) is 2.72. The van der Waals surface area contributed by atoms with Gasteiger partial charge < -0.3 is 9.84 Å². The fourth-order valence-electron chi connectivity index (χ4n) is 1.74. The number of aromatic carboxylic acids is 1. The van der Waals surface area contributed by atoms with Gasteiger partial charge in [-0.3, -0.25) is 10.1 Å². The number of nitro benzene ring substituents is 1. The van der Waals surface area contributed by atoms with Gasteiger partial charge in [-0.15, -0.1) is 0 Å². The molecule has 21 heavy (non-hydrogen) atoms. The molecule has 0 unspecified atom stereocenters. The molecule has 0 bridgehead atoms. The molecule has 7 heteroatoms. The Morgan fingerprint density at radius 2 is 2.00 bits per heavy atom. The number of ether oxygens (including phenoxy) is 1. The van der Waals surface area contributed by atoms with Crippen LogP contribution in [-0.2, 0) is 0 Å². The van der Waals surface area contributed by atoms with E-state index in [1.165, 1.54) is 18.2 Å². The van der Waals surface area contributed by atoms with Crippen LogP contribution in [0.2, 0.25) is 0 Å². The highest BCUT2D eigenvalue weighted by atomic mass is 19.1. The first-order valence-corrected chi connectivity index (χ1v) is 5.83. The Balaban J connectivity index is 2.34. The highest BCUT2D eigenvalue weighted by Gasteiger charge is 2.13. The molecule has 0 aliphatic heterocycles. The van der Waals surface area contributed by atoms with Crippen molar-refractivity contribution >= 4 is 11.7 Å². The number of nitro groups is 1. The Morgan fingerprint density at radius 1 is 1.29 bits per heavy atom. The van der Waals surface area contributed by atoms with E-state index in [2.05, 4.69) is 0 Å². The third-order valence-corrected chi connectivity index (χ3v) is 2.72. The van der Waals surface area contributed by atoms with Crippen molar-refractivity contribution in [3.63, 3.8) is 0 Å². The smallest absolute Gasteiger partial charge is 0.335 e. The van der Waals surface area contributed by atoms with Gasteiger partial charge in [0.15, 0.2) is 0 Å². The largest absolute Gasteiger partial charge is 0.478 e. The zero-order chi connectivity index (χ0) is 15.6. The summed E-state index contributed by atoms with van der Waals surface area (Å²) in [6.45, 7) is 1.62. The van der Waals surface area contributed by atoms with Crippen LogP contribution in [0.1, 0.15) is 15.9 Å². The molecule has 0 fully saturated rings. The van der Waals surface area contributed by atoms with Crippen molar-refractivity contribution in [1.29, 1.82) is 0 Å². The molecule has 2 rings (SSSR count). The minimum absolute atomic E-state index is 0.0344. The molecule has 0 aromatic heterocycles. The molecule has 0 aliphatic rings. The lowest BCUT2D eigenvalue weighted by atomic mass is 10.1. The summed E-state index contributed by atoms with van der Waals surface area (Å²) >= 11 is 0. The zero-order valence-corrected chi connectivity index (χ0v) is 10.9. The molecule has 6 nitrogen and oxygen atoms in total. The van der Waals surface area contributed by atoms with Crippen molar-refractivity contribution < 1.29 is 24.0 Å². The Morgan fingerprint density at radius 3 is 2.57 bits per heavy atom. The molecule has 0 aliphatic carbocycles. The first-order chi connectivity index (χ1) is 9.86. The normalized spacial score (nSPS) is 10.2. The molecule has 0 saturated carbocycles. The summed E-state index contributed by atoms with van der Waals surface area (Å²) in [7, 11) is 0. The van der Waals surface area contributed by atoms with E-state index in [9.17, 15) is 19.3 Å². The van der Waals surface area contributed by atoms with Crippen LogP contribution >= 0.6 is 0 Å². The monoisotopic (exact) mass is 291 g/mol. The van der Waals surface area contributed by atoms with Crippen molar-refractivity contribution in [3.05, 3.63) is 63.5 Å². The van der Waals surface area contributed by atoms with Crippen LogP contribution in [0.15, 0.2) is 36.4 Å². The van der Waals surface area contributed by atoms with E-state index >= 15 is 0 Å². The van der Waals surface area contributed by atoms with Gasteiger partial charge in [0.2, 0.25) is 0 Å². The summed E-state index contributed by atoms with van der Waals surface area (Å²) in [6, 6.07) is 7.03. The maximum Gasteiger partial charge on any atom is 0.335 e. The van der Waals surface area contributed by atoms with E-state index in [4.69, 9.17) is 9.84 Å². The Labute approximate surface area is 118 Å². The van der Waals surface area contributed by atoms with E-state index in [1.54, 1.807) is 6.92 Å². The van der Waals surface area contributed by atoms with E-state index in [0.717, 1.165) is 18.2 Å². The Kier molecular flexibility index (Phi) is 3.84. The summed E-state index contributed by atoms with van der Waals surface area (Å²) < 4.78 is 18.7. The second-order valence-corrected chi connectivity index (χ2v) is 4.29. The predicted octanol–water partition coefficient (Wildman–Crippen LogP) is 3.53. The van der Waals surface area contributed by atoms with E-state index in [-0.39, 0.29) is 11.3 Å². The van der Waals surface area contributed by atoms with Gasteiger partial charge in [0, 0.05) is 6.07 Å². The van der Waals surface area contributed by atoms with Crippen molar-refractivity contribution in [2.75, 3.05) is 0 Å². The summed E-state index contributed by atoms with van der Waals surface area (Å²) in [5, 5.41) is 19.5. The maximum atomic E-state index is 13.3. The number of benzene rings is 2. The van der Waals surface area contributed by atoms with Crippen LogP contribution in [0, 0.1) is 22.9 Å². The van der Waals surface area contributed by atoms with Crippen molar-refractivity contribution in [2.45, 2.75) is 6.92 Å². The van der Waals surface area contributed by atoms with Crippen LogP contribution < -0.4 is 4.74 Å². The number of non-ortho nitro benzene ring substituents is 1. The Hall–Kier alpha value is -2.96. The minimum atomic E-state index is -1.08. The van der Waals surface area contributed by atoms with Crippen molar-refractivity contribution in [1.82, 2.24) is 0 Å². The number of halogens is 1. The van der Waals surface area contributed by atoms with Gasteiger partial charge in [0.25, 0.3) is 5.69 Å². The first-order valence-electron chi connectivity index (χ1n) is 5.83. The maximum absolute atomic E-state index is 13.3. The lowest BCUT2D eigenvalue weighted by Gasteiger charge is -2.09. The molecule has 2 aromatic rings. The number of carbonyl (C=O) groups is 1. The van der Waals surface area contributed by atoms with Crippen LogP contribution in [0.5, 0.6) is 11.5 Å². The second kappa shape index (κ2) is 5.58. The number of aryl methyl sites for hydroxylation is 1. The highest BCUT2D eigenvalue weighted by Crippen LogP contribution is 2.29. The zero-order valence-electron chi connectivity index (χ0n) is 10.9. The fraction of sp³-hybridized carbons (Fsp3) is 0.0714. The van der Waals surface area contributed by atoms with E-state index in [1.807, 2.05) is 0 Å². The number of hydrogen-bond donors (Lipinski definition) is 1. The van der Waals surface area contributed by atoms with Gasteiger partial charge >= 0.3 is 5.97 Å². The first kappa shape index (κ1) is 14.4. The minimum Gasteiger partial charge on any atom is -0.478 e. The summed E-state index contributed by atoms with van der Waals surface area (Å²) in [5.41, 5.74) is 0.177. The number of rotatable bonds is 4. The molecule has 108 valence electrons. The quantitative estimate of drug-likeness (QED) is 0.687. The molecule has 2 aromatic carbocycles. The molecule has 0 amide bonds. The predicted molar refractivity (Wildman–Crippen MR) is 71.3 cm³/mol. The van der Waals surface area contributed by atoms with Gasteiger partial charge in [0.05, 0.1) is 22.6 Å². The SMILES string of the molecule is Cc1cc(C(=O)O)ccc1Oc1cc(F)cc([N+](=O)[O-])c1. The molecule has 0 spiro atoms. The van der Waals surface area contributed by atoms with Gasteiger partial charge in [-0.2, -0.15) is 0 Å². The van der Waals surface area contributed by atoms with Crippen LogP contribution in [0.3, 0.4) is 0 Å². The molecule has 0 atom stereocenters. The van der Waals surface area contributed by atoms with Crippen LogP contribution in [0.4, 0.5) is 10.1 Å². The fourth-order valence-corrected chi connectivity index (χ4v) is 1.74. The van der Waals surface area contributed by atoms with E-state index < -0.39 is 22.4 Å². The average Bonchev–Trinajstić information content (AvgIpc) is 2.40. The van der Waals surface area contributed by atoms with Crippen LogP contribution in [-0.4, -0.2) is 16.0 Å². The molecular weight excluding hydrogens is 281 g/mol.